The summed E-state index contributed by atoms with van der Waals surface area (Å²) < 4.78 is 21.0. The van der Waals surface area contributed by atoms with Crippen molar-refractivity contribution in [1.29, 1.82) is 0 Å². The van der Waals surface area contributed by atoms with Crippen LogP contribution in [0.4, 0.5) is 0 Å². The average molecular weight is 533 g/mol. The van der Waals surface area contributed by atoms with Crippen molar-refractivity contribution in [1.82, 2.24) is 0 Å². The van der Waals surface area contributed by atoms with Crippen LogP contribution in [0.5, 0.6) is 0 Å². The Bertz CT molecular complexity index is 530. The van der Waals surface area contributed by atoms with Gasteiger partial charge in [-0.05, 0) is 0 Å². The van der Waals surface area contributed by atoms with E-state index in [9.17, 15) is 9.59 Å². The molecule has 2 atom stereocenters. The topological polar surface area (TPSA) is 61.8 Å². The normalized spacial score (nSPS) is 25.7. The van der Waals surface area contributed by atoms with Crippen molar-refractivity contribution >= 4 is 31.1 Å². The number of hydrogen-bond donors (Lipinski definition) is 0. The molecule has 1 fully saturated rings. The molecule has 1 rings (SSSR count). The quantitative estimate of drug-likeness (QED) is 0.177. The van der Waals surface area contributed by atoms with Crippen LogP contribution in [-0.4, -0.2) is 36.9 Å². The SMILES string of the molecule is CCCCC1(CCCC)C[CH2][Sn]([CH2]CCC)([O]C(C)=O)[O]C1(CCCC)OC(C)=O. The zero-order valence-electron chi connectivity index (χ0n) is 20.4. The van der Waals surface area contributed by atoms with E-state index in [1.54, 1.807) is 0 Å². The van der Waals surface area contributed by atoms with Gasteiger partial charge in [-0.1, -0.05) is 0 Å². The van der Waals surface area contributed by atoms with E-state index in [4.69, 9.17) is 10.9 Å². The molecule has 0 aromatic rings. The molecule has 1 aliphatic heterocycles. The van der Waals surface area contributed by atoms with Crippen molar-refractivity contribution in [3.63, 3.8) is 0 Å². The summed E-state index contributed by atoms with van der Waals surface area (Å²) in [7, 11) is 0. The zero-order chi connectivity index (χ0) is 22.7. The van der Waals surface area contributed by atoms with Gasteiger partial charge in [-0.3, -0.25) is 0 Å². The van der Waals surface area contributed by atoms with Crippen molar-refractivity contribution < 1.29 is 20.5 Å². The summed E-state index contributed by atoms with van der Waals surface area (Å²) in [5.41, 5.74) is -0.188. The van der Waals surface area contributed by atoms with Gasteiger partial charge < -0.3 is 0 Å². The zero-order valence-corrected chi connectivity index (χ0v) is 23.3. The first kappa shape index (κ1) is 27.7. The Kier molecular flexibility index (Phi) is 12.3. The Morgan fingerprint density at radius 2 is 1.37 bits per heavy atom. The molecule has 5 nitrogen and oxygen atoms in total. The van der Waals surface area contributed by atoms with E-state index in [2.05, 4.69) is 27.7 Å². The first-order valence-electron chi connectivity index (χ1n) is 12.3. The summed E-state index contributed by atoms with van der Waals surface area (Å²) in [6, 6.07) is 0. The fraction of sp³-hybridized carbons (Fsp3) is 0.917. The predicted molar refractivity (Wildman–Crippen MR) is 123 cm³/mol. The van der Waals surface area contributed by atoms with Gasteiger partial charge in [-0.25, -0.2) is 0 Å². The van der Waals surface area contributed by atoms with Crippen molar-refractivity contribution in [2.45, 2.75) is 133 Å². The molecule has 176 valence electrons. The van der Waals surface area contributed by atoms with E-state index in [-0.39, 0.29) is 17.4 Å². The van der Waals surface area contributed by atoms with Gasteiger partial charge in [-0.2, -0.15) is 0 Å². The van der Waals surface area contributed by atoms with Gasteiger partial charge in [0.1, 0.15) is 0 Å². The maximum atomic E-state index is 12.4. The van der Waals surface area contributed by atoms with E-state index >= 15 is 0 Å². The molecule has 1 saturated heterocycles. The molecule has 1 heterocycles. The van der Waals surface area contributed by atoms with E-state index in [0.29, 0.717) is 6.42 Å². The van der Waals surface area contributed by atoms with Crippen molar-refractivity contribution in [2.75, 3.05) is 0 Å². The summed E-state index contributed by atoms with van der Waals surface area (Å²) in [5.74, 6) is -1.48. The summed E-state index contributed by atoms with van der Waals surface area (Å²) >= 11 is -3.74. The van der Waals surface area contributed by atoms with Crippen LogP contribution in [0.3, 0.4) is 0 Å². The van der Waals surface area contributed by atoms with Gasteiger partial charge in [0.2, 0.25) is 0 Å². The van der Waals surface area contributed by atoms with Crippen LogP contribution < -0.4 is 0 Å². The maximum absolute atomic E-state index is 12.4. The molecule has 0 amide bonds. The number of carbonyl (C=O) groups is 2. The van der Waals surface area contributed by atoms with Crippen LogP contribution in [0.25, 0.3) is 0 Å². The van der Waals surface area contributed by atoms with Crippen LogP contribution in [0.2, 0.25) is 8.87 Å². The minimum absolute atomic E-state index is 0.188. The molecule has 0 aromatic carbocycles. The van der Waals surface area contributed by atoms with Crippen LogP contribution in [0.15, 0.2) is 0 Å². The van der Waals surface area contributed by atoms with Crippen molar-refractivity contribution in [3.05, 3.63) is 0 Å². The first-order chi connectivity index (χ1) is 14.2. The number of hydrogen-bond acceptors (Lipinski definition) is 5. The number of carbonyl (C=O) groups excluding carboxylic acids is 2. The van der Waals surface area contributed by atoms with Gasteiger partial charge in [0.25, 0.3) is 0 Å². The van der Waals surface area contributed by atoms with Gasteiger partial charge >= 0.3 is 190 Å². The Balaban J connectivity index is 3.51. The third-order valence-corrected chi connectivity index (χ3v) is 16.5. The number of ether oxygens (including phenoxy) is 1. The molecular weight excluding hydrogens is 487 g/mol. The molecule has 0 aliphatic carbocycles. The summed E-state index contributed by atoms with van der Waals surface area (Å²) in [5, 5.41) is 0. The van der Waals surface area contributed by atoms with Crippen LogP contribution >= 0.6 is 0 Å². The Morgan fingerprint density at radius 1 is 0.833 bits per heavy atom. The Morgan fingerprint density at radius 3 is 1.83 bits per heavy atom. The number of esters is 1. The second-order valence-electron chi connectivity index (χ2n) is 9.15. The van der Waals surface area contributed by atoms with Gasteiger partial charge in [0.15, 0.2) is 0 Å². The summed E-state index contributed by atoms with van der Waals surface area (Å²) in [6.45, 7) is 11.7. The molecule has 1 aliphatic rings. The standard InChI is InChI=1S/C18H34O3.C4H9.C2H4O2.Sn/c1-6-10-13-17(9-4,14-11-7-2)18(20,15-12-8-3)21-16(5)19;1-3-4-2;1-2(3)4;/h4,6-15H2,1-3,5H3;1,3-4H2,2H3;1H3,(H,3,4);/q-1;;;+2/p-1. The van der Waals surface area contributed by atoms with Crippen LogP contribution in [-0.2, 0) is 20.5 Å². The fourth-order valence-electron chi connectivity index (χ4n) is 5.01. The van der Waals surface area contributed by atoms with Crippen LogP contribution in [0, 0.1) is 5.41 Å². The van der Waals surface area contributed by atoms with Crippen molar-refractivity contribution in [3.8, 4) is 0 Å². The third kappa shape index (κ3) is 7.39. The second-order valence-corrected chi connectivity index (χ2v) is 18.4. The van der Waals surface area contributed by atoms with E-state index < -0.39 is 25.0 Å². The molecule has 0 spiro atoms. The molecule has 0 aromatic heterocycles. The van der Waals surface area contributed by atoms with E-state index in [1.165, 1.54) is 13.8 Å². The molecule has 2 unspecified atom stereocenters. The third-order valence-electron chi connectivity index (χ3n) is 6.57. The average Bonchev–Trinajstić information content (AvgIpc) is 2.69. The van der Waals surface area contributed by atoms with Crippen LogP contribution in [0.1, 0.15) is 119 Å². The number of rotatable bonds is 14. The van der Waals surface area contributed by atoms with Crippen molar-refractivity contribution in [2.24, 2.45) is 5.41 Å². The molecule has 0 saturated carbocycles. The Labute approximate surface area is 190 Å². The summed E-state index contributed by atoms with van der Waals surface area (Å²) in [4.78, 5) is 24.5. The molecule has 6 heteroatoms. The predicted octanol–water partition coefficient (Wildman–Crippen LogP) is 7.03. The fourth-order valence-corrected chi connectivity index (χ4v) is 16.2. The molecule has 0 bridgehead atoms. The Hall–Kier alpha value is -0.301. The minimum atomic E-state index is -3.74. The monoisotopic (exact) mass is 534 g/mol. The summed E-state index contributed by atoms with van der Waals surface area (Å²) in [6.07, 6.45) is 12.0. The molecular formula is C24H46O5Sn. The van der Waals surface area contributed by atoms with E-state index in [1.807, 2.05) is 0 Å². The van der Waals surface area contributed by atoms with Gasteiger partial charge in [-0.15, -0.1) is 0 Å². The molecule has 0 radical (unpaired) electrons. The molecule has 0 N–H and O–H groups in total. The van der Waals surface area contributed by atoms with Gasteiger partial charge in [0, 0.05) is 0 Å². The van der Waals surface area contributed by atoms with Gasteiger partial charge in [0.05, 0.1) is 0 Å². The second kappa shape index (κ2) is 13.3. The molecule has 30 heavy (non-hydrogen) atoms. The van der Waals surface area contributed by atoms with E-state index in [0.717, 1.165) is 79.5 Å². The first-order valence-corrected chi connectivity index (χ1v) is 18.7. The number of unbranched alkanes of at least 4 members (excludes halogenated alkanes) is 4.